The van der Waals surface area contributed by atoms with E-state index in [4.69, 9.17) is 9.94 Å². The molecule has 1 heterocycles. The fourth-order valence-corrected chi connectivity index (χ4v) is 3.65. The second-order valence-corrected chi connectivity index (χ2v) is 8.16. The fourth-order valence-electron chi connectivity index (χ4n) is 3.65. The number of amides is 4. The minimum atomic E-state index is -4.39. The zero-order chi connectivity index (χ0) is 25.0. The van der Waals surface area contributed by atoms with Crippen LogP contribution in [-0.4, -0.2) is 46.6 Å². The summed E-state index contributed by atoms with van der Waals surface area (Å²) in [6.07, 6.45) is -4.39. The van der Waals surface area contributed by atoms with Crippen molar-refractivity contribution >= 4 is 17.8 Å². The fraction of sp³-hybridized carbons (Fsp3) is 0.348. The van der Waals surface area contributed by atoms with Crippen LogP contribution < -0.4 is 10.8 Å². The van der Waals surface area contributed by atoms with E-state index in [-0.39, 0.29) is 13.2 Å². The van der Waals surface area contributed by atoms with E-state index >= 15 is 0 Å². The maximum Gasteiger partial charge on any atom is 0.416 e. The summed E-state index contributed by atoms with van der Waals surface area (Å²) in [4.78, 5) is 37.6. The highest BCUT2D eigenvalue weighted by atomic mass is 19.4. The molecule has 34 heavy (non-hydrogen) atoms. The van der Waals surface area contributed by atoms with E-state index in [0.717, 1.165) is 28.2 Å². The van der Waals surface area contributed by atoms with E-state index in [1.165, 1.54) is 17.6 Å². The number of ether oxygens (including phenoxy) is 1. The molecule has 0 unspecified atom stereocenters. The average molecular weight is 479 g/mol. The van der Waals surface area contributed by atoms with Crippen LogP contribution in [0.4, 0.5) is 18.0 Å². The molecule has 0 radical (unpaired) electrons. The summed E-state index contributed by atoms with van der Waals surface area (Å²) in [5.41, 5.74) is 2.87. The monoisotopic (exact) mass is 479 g/mol. The van der Waals surface area contributed by atoms with Gasteiger partial charge < -0.3 is 10.1 Å². The highest BCUT2D eigenvalue weighted by Crippen LogP contribution is 2.31. The number of urea groups is 1. The SMILES string of the molecule is CC(C)[C@H](C(=O)NO)N1C(=O)N[C@@H](COCc2ccc(-c3ccc(C(F)(F)F)cc3)cc2)C1=O. The molecule has 3 N–H and O–H groups in total. The third-order valence-corrected chi connectivity index (χ3v) is 5.39. The predicted octanol–water partition coefficient (Wildman–Crippen LogP) is 3.34. The molecule has 0 aliphatic carbocycles. The molecule has 0 spiro atoms. The first-order valence-electron chi connectivity index (χ1n) is 10.4. The van der Waals surface area contributed by atoms with Gasteiger partial charge in [-0.25, -0.2) is 15.2 Å². The number of hydroxylamine groups is 1. The van der Waals surface area contributed by atoms with Crippen molar-refractivity contribution in [3.8, 4) is 11.1 Å². The van der Waals surface area contributed by atoms with E-state index in [0.29, 0.717) is 5.56 Å². The summed E-state index contributed by atoms with van der Waals surface area (Å²) in [5, 5.41) is 11.4. The molecule has 0 bridgehead atoms. The van der Waals surface area contributed by atoms with Crippen LogP contribution in [0.5, 0.6) is 0 Å². The number of nitrogens with zero attached hydrogens (tertiary/aromatic N) is 1. The smallest absolute Gasteiger partial charge is 0.374 e. The zero-order valence-corrected chi connectivity index (χ0v) is 18.4. The van der Waals surface area contributed by atoms with Gasteiger partial charge in [0.25, 0.3) is 11.8 Å². The third-order valence-electron chi connectivity index (χ3n) is 5.39. The van der Waals surface area contributed by atoms with Crippen LogP contribution in [0.25, 0.3) is 11.1 Å². The molecule has 8 nitrogen and oxygen atoms in total. The van der Waals surface area contributed by atoms with Crippen LogP contribution in [0, 0.1) is 5.92 Å². The molecule has 1 aliphatic rings. The minimum absolute atomic E-state index is 0.123. The Balaban J connectivity index is 1.57. The Labute approximate surface area is 193 Å². The normalized spacial score (nSPS) is 17.1. The molecule has 182 valence electrons. The van der Waals surface area contributed by atoms with E-state index < -0.39 is 47.6 Å². The predicted molar refractivity (Wildman–Crippen MR) is 114 cm³/mol. The molecule has 1 saturated heterocycles. The number of carbonyl (C=O) groups is 3. The molecule has 11 heteroatoms. The number of alkyl halides is 3. The van der Waals surface area contributed by atoms with Gasteiger partial charge in [-0.05, 0) is 34.7 Å². The standard InChI is InChI=1S/C23H24F3N3O5/c1-13(2)19(20(30)28-33)29-21(31)18(27-22(29)32)12-34-11-14-3-5-15(6-4-14)16-7-9-17(10-8-16)23(24,25)26/h3-10,13,18-19,33H,11-12H2,1-2H3,(H,27,32)(H,28,30)/t18-,19+/m0/s1. The van der Waals surface area contributed by atoms with Gasteiger partial charge in [-0.3, -0.25) is 14.8 Å². The van der Waals surface area contributed by atoms with Crippen LogP contribution in [0.2, 0.25) is 0 Å². The van der Waals surface area contributed by atoms with Crippen LogP contribution in [0.3, 0.4) is 0 Å². The zero-order valence-electron chi connectivity index (χ0n) is 18.4. The lowest BCUT2D eigenvalue weighted by molar-refractivity contribution is -0.142. The van der Waals surface area contributed by atoms with Crippen molar-refractivity contribution in [2.45, 2.75) is 38.7 Å². The number of hydrogen-bond acceptors (Lipinski definition) is 5. The summed E-state index contributed by atoms with van der Waals surface area (Å²) in [6.45, 7) is 3.27. The van der Waals surface area contributed by atoms with Gasteiger partial charge >= 0.3 is 12.2 Å². The summed E-state index contributed by atoms with van der Waals surface area (Å²) in [5.74, 6) is -1.93. The molecule has 2 atom stereocenters. The first-order valence-corrected chi connectivity index (χ1v) is 10.4. The Morgan fingerprint density at radius 3 is 2.15 bits per heavy atom. The second kappa shape index (κ2) is 10.2. The summed E-state index contributed by atoms with van der Waals surface area (Å²) in [7, 11) is 0. The van der Waals surface area contributed by atoms with Crippen molar-refractivity contribution < 1.29 is 37.5 Å². The number of carbonyl (C=O) groups excluding carboxylic acids is 3. The molecule has 1 aliphatic heterocycles. The number of halogens is 3. The Bertz CT molecular complexity index is 1040. The Kier molecular flexibility index (Phi) is 7.57. The van der Waals surface area contributed by atoms with Gasteiger partial charge in [-0.2, -0.15) is 13.2 Å². The van der Waals surface area contributed by atoms with E-state index in [1.807, 2.05) is 0 Å². The van der Waals surface area contributed by atoms with Gasteiger partial charge in [-0.15, -0.1) is 0 Å². The largest absolute Gasteiger partial charge is 0.416 e. The number of nitrogens with one attached hydrogen (secondary N) is 2. The molecule has 0 aromatic heterocycles. The maximum absolute atomic E-state index is 12.7. The molecule has 2 aromatic rings. The van der Waals surface area contributed by atoms with Gasteiger partial charge in [0.05, 0.1) is 18.8 Å². The number of hydrogen-bond donors (Lipinski definition) is 3. The van der Waals surface area contributed by atoms with Gasteiger partial charge in [0.2, 0.25) is 0 Å². The number of rotatable bonds is 8. The first kappa shape index (κ1) is 25.2. The topological polar surface area (TPSA) is 108 Å². The van der Waals surface area contributed by atoms with Crippen molar-refractivity contribution in [1.82, 2.24) is 15.7 Å². The first-order chi connectivity index (χ1) is 16.0. The second-order valence-electron chi connectivity index (χ2n) is 8.16. The Morgan fingerprint density at radius 1 is 1.09 bits per heavy atom. The van der Waals surface area contributed by atoms with Gasteiger partial charge in [-0.1, -0.05) is 50.2 Å². The Morgan fingerprint density at radius 2 is 1.65 bits per heavy atom. The highest BCUT2D eigenvalue weighted by molar-refractivity contribution is 6.07. The van der Waals surface area contributed by atoms with Crippen LogP contribution >= 0.6 is 0 Å². The van der Waals surface area contributed by atoms with Crippen LogP contribution in [0.15, 0.2) is 48.5 Å². The lowest BCUT2D eigenvalue weighted by Gasteiger charge is -2.26. The molecule has 4 amide bonds. The van der Waals surface area contributed by atoms with Crippen molar-refractivity contribution in [3.63, 3.8) is 0 Å². The van der Waals surface area contributed by atoms with E-state index in [1.54, 1.807) is 38.1 Å². The lowest BCUT2D eigenvalue weighted by atomic mass is 10.0. The van der Waals surface area contributed by atoms with Crippen LogP contribution in [0.1, 0.15) is 25.0 Å². The quantitative estimate of drug-likeness (QED) is 0.306. The minimum Gasteiger partial charge on any atom is -0.374 e. The molecule has 1 fully saturated rings. The molecule has 3 rings (SSSR count). The van der Waals surface area contributed by atoms with Gasteiger partial charge in [0.1, 0.15) is 12.1 Å². The summed E-state index contributed by atoms with van der Waals surface area (Å²) >= 11 is 0. The lowest BCUT2D eigenvalue weighted by Crippen LogP contribution is -2.52. The molecule has 0 saturated carbocycles. The number of benzene rings is 2. The molecular weight excluding hydrogens is 455 g/mol. The van der Waals surface area contributed by atoms with E-state index in [2.05, 4.69) is 5.32 Å². The average Bonchev–Trinajstić information content (AvgIpc) is 3.07. The van der Waals surface area contributed by atoms with Gasteiger partial charge in [0, 0.05) is 0 Å². The number of imide groups is 1. The third kappa shape index (κ3) is 5.54. The highest BCUT2D eigenvalue weighted by Gasteiger charge is 2.45. The molecular formula is C23H24F3N3O5. The summed E-state index contributed by atoms with van der Waals surface area (Å²) < 4.78 is 43.7. The van der Waals surface area contributed by atoms with Gasteiger partial charge in [0.15, 0.2) is 0 Å². The van der Waals surface area contributed by atoms with Crippen LogP contribution in [-0.2, 0) is 27.1 Å². The van der Waals surface area contributed by atoms with Crippen molar-refractivity contribution in [2.75, 3.05) is 6.61 Å². The van der Waals surface area contributed by atoms with Crippen molar-refractivity contribution in [2.24, 2.45) is 5.92 Å². The van der Waals surface area contributed by atoms with E-state index in [9.17, 15) is 27.6 Å². The summed E-state index contributed by atoms with van der Waals surface area (Å²) in [6, 6.07) is 8.93. The molecule has 2 aromatic carbocycles. The Hall–Kier alpha value is -3.44. The maximum atomic E-state index is 12.7. The van der Waals surface area contributed by atoms with Crippen molar-refractivity contribution in [1.29, 1.82) is 0 Å². The van der Waals surface area contributed by atoms with Crippen molar-refractivity contribution in [3.05, 3.63) is 59.7 Å².